The van der Waals surface area contributed by atoms with Crippen molar-refractivity contribution in [3.05, 3.63) is 52.3 Å². The second-order valence-electron chi connectivity index (χ2n) is 3.73. The number of rotatable bonds is 3. The number of aromatic carboxylic acids is 1. The molecule has 0 aliphatic rings. The Kier molecular flexibility index (Phi) is 3.71. The van der Waals surface area contributed by atoms with E-state index >= 15 is 0 Å². The van der Waals surface area contributed by atoms with Crippen LogP contribution < -0.4 is 10.5 Å². The summed E-state index contributed by atoms with van der Waals surface area (Å²) in [5.74, 6) is -1.52. The van der Waals surface area contributed by atoms with E-state index in [4.69, 9.17) is 15.6 Å². The molecule has 0 aliphatic heterocycles. The van der Waals surface area contributed by atoms with E-state index in [1.54, 1.807) is 0 Å². The Morgan fingerprint density at radius 3 is 2.68 bits per heavy atom. The van der Waals surface area contributed by atoms with Gasteiger partial charge >= 0.3 is 5.97 Å². The topological polar surface area (TPSA) is 72.5 Å². The first-order chi connectivity index (χ1) is 8.97. The van der Waals surface area contributed by atoms with Gasteiger partial charge in [0, 0.05) is 10.2 Å². The van der Waals surface area contributed by atoms with Gasteiger partial charge in [0.2, 0.25) is 0 Å². The summed E-state index contributed by atoms with van der Waals surface area (Å²) in [4.78, 5) is 10.9. The fourth-order valence-electron chi connectivity index (χ4n) is 1.47. The minimum absolute atomic E-state index is 0.00418. The molecule has 0 heterocycles. The summed E-state index contributed by atoms with van der Waals surface area (Å²) in [5.41, 5.74) is 5.55. The highest BCUT2D eigenvalue weighted by Crippen LogP contribution is 2.29. The average Bonchev–Trinajstić information content (AvgIpc) is 2.36. The smallest absolute Gasteiger partial charge is 0.337 e. The molecule has 2 rings (SSSR count). The number of nitrogens with two attached hydrogens (primary N) is 1. The highest BCUT2D eigenvalue weighted by molar-refractivity contribution is 9.10. The predicted molar refractivity (Wildman–Crippen MR) is 72.0 cm³/mol. The maximum absolute atomic E-state index is 13.5. The Morgan fingerprint density at radius 1 is 1.26 bits per heavy atom. The van der Waals surface area contributed by atoms with Gasteiger partial charge in [-0.05, 0) is 36.4 Å². The predicted octanol–water partition coefficient (Wildman–Crippen LogP) is 3.66. The molecule has 0 aromatic heterocycles. The minimum Gasteiger partial charge on any atom is -0.478 e. The molecule has 0 saturated heterocycles. The lowest BCUT2D eigenvalue weighted by Gasteiger charge is -2.09. The summed E-state index contributed by atoms with van der Waals surface area (Å²) in [6.07, 6.45) is 0. The van der Waals surface area contributed by atoms with Gasteiger partial charge < -0.3 is 15.6 Å². The molecule has 0 atom stereocenters. The number of anilines is 1. The van der Waals surface area contributed by atoms with E-state index in [1.807, 2.05) is 0 Å². The molecule has 6 heteroatoms. The SMILES string of the molecule is Nc1ccc(Oc2cc(Br)ccc2F)cc1C(=O)O. The highest BCUT2D eigenvalue weighted by atomic mass is 79.9. The molecule has 19 heavy (non-hydrogen) atoms. The van der Waals surface area contributed by atoms with Crippen LogP contribution in [0.4, 0.5) is 10.1 Å². The van der Waals surface area contributed by atoms with Crippen LogP contribution in [0.1, 0.15) is 10.4 Å². The van der Waals surface area contributed by atoms with Crippen LogP contribution in [0, 0.1) is 5.82 Å². The number of hydrogen-bond donors (Lipinski definition) is 2. The van der Waals surface area contributed by atoms with Gasteiger partial charge in [-0.25, -0.2) is 9.18 Å². The lowest BCUT2D eigenvalue weighted by molar-refractivity contribution is 0.0697. The Morgan fingerprint density at radius 2 is 2.00 bits per heavy atom. The van der Waals surface area contributed by atoms with Gasteiger partial charge in [-0.1, -0.05) is 15.9 Å². The third-order valence-corrected chi connectivity index (χ3v) is 2.87. The van der Waals surface area contributed by atoms with Gasteiger partial charge in [0.05, 0.1) is 5.56 Å². The highest BCUT2D eigenvalue weighted by Gasteiger charge is 2.11. The van der Waals surface area contributed by atoms with Crippen molar-refractivity contribution in [1.82, 2.24) is 0 Å². The first-order valence-electron chi connectivity index (χ1n) is 5.23. The fraction of sp³-hybridized carbons (Fsp3) is 0. The van der Waals surface area contributed by atoms with E-state index in [0.717, 1.165) is 0 Å². The van der Waals surface area contributed by atoms with Crippen molar-refractivity contribution in [2.45, 2.75) is 0 Å². The number of carboxylic acids is 1. The number of nitrogen functional groups attached to an aromatic ring is 1. The largest absolute Gasteiger partial charge is 0.478 e. The summed E-state index contributed by atoms with van der Waals surface area (Å²) in [7, 11) is 0. The molecule has 0 radical (unpaired) electrons. The molecular weight excluding hydrogens is 317 g/mol. The van der Waals surface area contributed by atoms with Crippen molar-refractivity contribution in [3.8, 4) is 11.5 Å². The third-order valence-electron chi connectivity index (χ3n) is 2.38. The molecule has 0 amide bonds. The van der Waals surface area contributed by atoms with Crippen molar-refractivity contribution in [2.75, 3.05) is 5.73 Å². The average molecular weight is 326 g/mol. The van der Waals surface area contributed by atoms with Crippen molar-refractivity contribution in [2.24, 2.45) is 0 Å². The zero-order chi connectivity index (χ0) is 14.0. The molecular formula is C13H9BrFNO3. The van der Waals surface area contributed by atoms with Crippen molar-refractivity contribution in [3.63, 3.8) is 0 Å². The Bertz CT molecular complexity index is 646. The molecule has 0 aliphatic carbocycles. The van der Waals surface area contributed by atoms with Crippen LogP contribution >= 0.6 is 15.9 Å². The Hall–Kier alpha value is -2.08. The third kappa shape index (κ3) is 3.03. The van der Waals surface area contributed by atoms with Crippen LogP contribution in [0.15, 0.2) is 40.9 Å². The molecule has 0 spiro atoms. The first-order valence-corrected chi connectivity index (χ1v) is 6.02. The van der Waals surface area contributed by atoms with Gasteiger partial charge in [-0.3, -0.25) is 0 Å². The Labute approximate surface area is 116 Å². The quantitative estimate of drug-likeness (QED) is 0.844. The van der Waals surface area contributed by atoms with E-state index in [-0.39, 0.29) is 22.7 Å². The van der Waals surface area contributed by atoms with Crippen LogP contribution in [0.2, 0.25) is 0 Å². The second-order valence-corrected chi connectivity index (χ2v) is 4.65. The molecule has 0 fully saturated rings. The summed E-state index contributed by atoms with van der Waals surface area (Å²) in [5, 5.41) is 8.94. The maximum Gasteiger partial charge on any atom is 0.337 e. The van der Waals surface area contributed by atoms with Crippen molar-refractivity contribution < 1.29 is 19.0 Å². The lowest BCUT2D eigenvalue weighted by atomic mass is 10.2. The summed E-state index contributed by atoms with van der Waals surface area (Å²) in [6, 6.07) is 8.35. The standard InChI is InChI=1S/C13H9BrFNO3/c14-7-1-3-10(15)12(5-7)19-8-2-4-11(16)9(6-8)13(17)18/h1-6H,16H2,(H,17,18). The van der Waals surface area contributed by atoms with Crippen LogP contribution in [0.3, 0.4) is 0 Å². The van der Waals surface area contributed by atoms with E-state index in [2.05, 4.69) is 15.9 Å². The minimum atomic E-state index is -1.17. The molecule has 0 unspecified atom stereocenters. The molecule has 2 aromatic rings. The molecule has 3 N–H and O–H groups in total. The van der Waals surface area contributed by atoms with Crippen LogP contribution in [-0.2, 0) is 0 Å². The first kappa shape index (κ1) is 13.4. The monoisotopic (exact) mass is 325 g/mol. The summed E-state index contributed by atoms with van der Waals surface area (Å²) >= 11 is 3.20. The van der Waals surface area contributed by atoms with Gasteiger partial charge in [-0.2, -0.15) is 0 Å². The fourth-order valence-corrected chi connectivity index (χ4v) is 1.81. The summed E-state index contributed by atoms with van der Waals surface area (Å²) in [6.45, 7) is 0. The van der Waals surface area contributed by atoms with Crippen LogP contribution in [-0.4, -0.2) is 11.1 Å². The summed E-state index contributed by atoms with van der Waals surface area (Å²) < 4.78 is 19.5. The number of carboxylic acid groups (broad SMARTS) is 1. The second kappa shape index (κ2) is 5.27. The number of ether oxygens (including phenoxy) is 1. The maximum atomic E-state index is 13.5. The van der Waals surface area contributed by atoms with E-state index in [9.17, 15) is 9.18 Å². The van der Waals surface area contributed by atoms with Crippen molar-refractivity contribution >= 4 is 27.6 Å². The van der Waals surface area contributed by atoms with E-state index in [0.29, 0.717) is 4.47 Å². The molecule has 4 nitrogen and oxygen atoms in total. The number of halogens is 2. The number of carbonyl (C=O) groups is 1. The lowest BCUT2D eigenvalue weighted by Crippen LogP contribution is -2.02. The zero-order valence-electron chi connectivity index (χ0n) is 9.56. The molecule has 0 bridgehead atoms. The van der Waals surface area contributed by atoms with E-state index in [1.165, 1.54) is 36.4 Å². The van der Waals surface area contributed by atoms with Crippen molar-refractivity contribution in [1.29, 1.82) is 0 Å². The Balaban J connectivity index is 2.36. The zero-order valence-corrected chi connectivity index (χ0v) is 11.1. The molecule has 2 aromatic carbocycles. The van der Waals surface area contributed by atoms with Gasteiger partial charge in [0.15, 0.2) is 11.6 Å². The number of benzene rings is 2. The van der Waals surface area contributed by atoms with Gasteiger partial charge in [0.25, 0.3) is 0 Å². The molecule has 98 valence electrons. The van der Waals surface area contributed by atoms with Crippen LogP contribution in [0.5, 0.6) is 11.5 Å². The number of hydrogen-bond acceptors (Lipinski definition) is 3. The van der Waals surface area contributed by atoms with E-state index < -0.39 is 11.8 Å². The van der Waals surface area contributed by atoms with Gasteiger partial charge in [-0.15, -0.1) is 0 Å². The van der Waals surface area contributed by atoms with Crippen LogP contribution in [0.25, 0.3) is 0 Å². The molecule has 0 saturated carbocycles. The normalized spacial score (nSPS) is 10.2. The van der Waals surface area contributed by atoms with Gasteiger partial charge in [0.1, 0.15) is 5.75 Å².